The van der Waals surface area contributed by atoms with E-state index in [2.05, 4.69) is 10.3 Å². The number of hydrogen-bond acceptors (Lipinski definition) is 4. The van der Waals surface area contributed by atoms with E-state index in [1.54, 1.807) is 11.3 Å². The molecule has 2 aromatic heterocycles. The lowest BCUT2D eigenvalue weighted by atomic mass is 10.2. The van der Waals surface area contributed by atoms with Gasteiger partial charge in [0.05, 0.1) is 5.69 Å². The highest BCUT2D eigenvalue weighted by Crippen LogP contribution is 2.17. The van der Waals surface area contributed by atoms with Gasteiger partial charge in [-0.05, 0) is 26.7 Å². The summed E-state index contributed by atoms with van der Waals surface area (Å²) in [6.07, 6.45) is 3.74. The Morgan fingerprint density at radius 2 is 2.42 bits per heavy atom. The summed E-state index contributed by atoms with van der Waals surface area (Å²) in [6, 6.07) is 0.0236. The Labute approximate surface area is 116 Å². The Hall–Kier alpha value is -1.40. The van der Waals surface area contributed by atoms with E-state index in [4.69, 9.17) is 5.11 Å². The van der Waals surface area contributed by atoms with E-state index >= 15 is 0 Å². The van der Waals surface area contributed by atoms with Gasteiger partial charge in [0.2, 0.25) is 5.91 Å². The third-order valence-corrected chi connectivity index (χ3v) is 3.87. The number of aromatic nitrogens is 2. The molecular formula is C13H19N3O2S. The third-order valence-electron chi connectivity index (χ3n) is 2.98. The number of thiazole rings is 1. The molecule has 0 aromatic carbocycles. The van der Waals surface area contributed by atoms with Gasteiger partial charge in [-0.25, -0.2) is 4.98 Å². The van der Waals surface area contributed by atoms with Crippen LogP contribution in [0.4, 0.5) is 0 Å². The van der Waals surface area contributed by atoms with Gasteiger partial charge >= 0.3 is 0 Å². The number of aliphatic hydroxyl groups excluding tert-OH is 1. The summed E-state index contributed by atoms with van der Waals surface area (Å²) in [5.74, 6) is 0.0251. The molecule has 0 radical (unpaired) electrons. The quantitative estimate of drug-likeness (QED) is 0.843. The molecule has 0 aliphatic carbocycles. The largest absolute Gasteiger partial charge is 0.396 e. The normalized spacial score (nSPS) is 12.8. The van der Waals surface area contributed by atoms with E-state index in [0.717, 1.165) is 16.3 Å². The fraction of sp³-hybridized carbons (Fsp3) is 0.538. The molecule has 2 rings (SSSR count). The zero-order chi connectivity index (χ0) is 13.8. The molecule has 0 fully saturated rings. The first-order valence-corrected chi connectivity index (χ1v) is 7.30. The van der Waals surface area contributed by atoms with E-state index < -0.39 is 0 Å². The molecule has 0 saturated heterocycles. The van der Waals surface area contributed by atoms with Crippen molar-refractivity contribution >= 4 is 22.2 Å². The van der Waals surface area contributed by atoms with Crippen LogP contribution in [0, 0.1) is 6.92 Å². The molecule has 2 heterocycles. The van der Waals surface area contributed by atoms with Crippen molar-refractivity contribution in [1.82, 2.24) is 14.7 Å². The second-order valence-electron chi connectivity index (χ2n) is 4.74. The van der Waals surface area contributed by atoms with Gasteiger partial charge in [0.1, 0.15) is 0 Å². The predicted molar refractivity (Wildman–Crippen MR) is 75.4 cm³/mol. The number of hydrogen-bond donors (Lipinski definition) is 2. The number of carbonyl (C=O) groups excluding carboxylic acids is 1. The summed E-state index contributed by atoms with van der Waals surface area (Å²) < 4.78 is 2.05. The molecule has 1 atom stereocenters. The molecule has 0 aliphatic rings. The standard InChI is InChI=1S/C13H19N3O2S/c1-9(5-6-17)14-12(18)4-3-11-8-19-13-15-10(2)7-16(11)13/h7-9,17H,3-6H2,1-2H3,(H,14,18). The van der Waals surface area contributed by atoms with Gasteiger partial charge in [-0.1, -0.05) is 0 Å². The minimum absolute atomic E-state index is 0.0236. The van der Waals surface area contributed by atoms with Crippen molar-refractivity contribution in [1.29, 1.82) is 0 Å². The van der Waals surface area contributed by atoms with Crippen LogP contribution in [0.2, 0.25) is 0 Å². The topological polar surface area (TPSA) is 66.6 Å². The Balaban J connectivity index is 1.89. The Morgan fingerprint density at radius 1 is 1.63 bits per heavy atom. The number of rotatable bonds is 6. The lowest BCUT2D eigenvalue weighted by Gasteiger charge is -2.11. The van der Waals surface area contributed by atoms with E-state index in [0.29, 0.717) is 19.3 Å². The number of carbonyl (C=O) groups is 1. The van der Waals surface area contributed by atoms with Gasteiger partial charge in [-0.3, -0.25) is 9.20 Å². The minimum atomic E-state index is 0.0236. The highest BCUT2D eigenvalue weighted by atomic mass is 32.1. The molecule has 1 unspecified atom stereocenters. The summed E-state index contributed by atoms with van der Waals surface area (Å²) in [6.45, 7) is 3.96. The number of aryl methyl sites for hydroxylation is 2. The third kappa shape index (κ3) is 3.54. The van der Waals surface area contributed by atoms with E-state index in [-0.39, 0.29) is 18.6 Å². The van der Waals surface area contributed by atoms with Gasteiger partial charge in [0, 0.05) is 36.3 Å². The molecular weight excluding hydrogens is 262 g/mol. The summed E-state index contributed by atoms with van der Waals surface area (Å²) in [5.41, 5.74) is 2.11. The number of nitrogens with one attached hydrogen (secondary N) is 1. The van der Waals surface area contributed by atoms with Crippen LogP contribution in [0.1, 0.15) is 31.2 Å². The number of fused-ring (bicyclic) bond motifs is 1. The maximum atomic E-state index is 11.8. The zero-order valence-electron chi connectivity index (χ0n) is 11.2. The molecule has 0 saturated carbocycles. The van der Waals surface area contributed by atoms with E-state index in [9.17, 15) is 4.79 Å². The summed E-state index contributed by atoms with van der Waals surface area (Å²) in [7, 11) is 0. The van der Waals surface area contributed by atoms with Crippen LogP contribution in [0.3, 0.4) is 0 Å². The molecule has 6 heteroatoms. The number of nitrogens with zero attached hydrogens (tertiary/aromatic N) is 2. The Bertz CT molecular complexity index is 561. The number of aliphatic hydroxyl groups is 1. The summed E-state index contributed by atoms with van der Waals surface area (Å²) in [4.78, 5) is 17.1. The van der Waals surface area contributed by atoms with Crippen molar-refractivity contribution in [2.75, 3.05) is 6.61 Å². The van der Waals surface area contributed by atoms with Crippen LogP contribution in [0.5, 0.6) is 0 Å². The minimum Gasteiger partial charge on any atom is -0.396 e. The average Bonchev–Trinajstić information content (AvgIpc) is 2.86. The summed E-state index contributed by atoms with van der Waals surface area (Å²) >= 11 is 1.60. The van der Waals surface area contributed by atoms with Gasteiger partial charge in [-0.2, -0.15) is 0 Å². The molecule has 19 heavy (non-hydrogen) atoms. The van der Waals surface area contributed by atoms with Crippen LogP contribution in [-0.4, -0.2) is 33.0 Å². The van der Waals surface area contributed by atoms with Gasteiger partial charge in [0.15, 0.2) is 4.96 Å². The molecule has 2 aromatic rings. The highest BCUT2D eigenvalue weighted by Gasteiger charge is 2.10. The van der Waals surface area contributed by atoms with Gasteiger partial charge < -0.3 is 10.4 Å². The van der Waals surface area contributed by atoms with E-state index in [1.165, 1.54) is 0 Å². The van der Waals surface area contributed by atoms with Crippen LogP contribution >= 0.6 is 11.3 Å². The van der Waals surface area contributed by atoms with Crippen molar-refractivity contribution in [3.8, 4) is 0 Å². The van der Waals surface area contributed by atoms with Crippen LogP contribution in [-0.2, 0) is 11.2 Å². The predicted octanol–water partition coefficient (Wildman–Crippen LogP) is 1.52. The van der Waals surface area contributed by atoms with Gasteiger partial charge in [0.25, 0.3) is 0 Å². The first-order valence-electron chi connectivity index (χ1n) is 6.42. The molecule has 1 amide bonds. The molecule has 0 aliphatic heterocycles. The van der Waals surface area contributed by atoms with Crippen molar-refractivity contribution in [2.45, 2.75) is 39.2 Å². The maximum absolute atomic E-state index is 11.8. The monoisotopic (exact) mass is 281 g/mol. The molecule has 0 bridgehead atoms. The van der Waals surface area contributed by atoms with Crippen molar-refractivity contribution < 1.29 is 9.90 Å². The fourth-order valence-corrected chi connectivity index (χ4v) is 2.93. The second kappa shape index (κ2) is 6.16. The smallest absolute Gasteiger partial charge is 0.220 e. The zero-order valence-corrected chi connectivity index (χ0v) is 12.0. The second-order valence-corrected chi connectivity index (χ2v) is 5.58. The Morgan fingerprint density at radius 3 is 3.16 bits per heavy atom. The van der Waals surface area contributed by atoms with Gasteiger partial charge in [-0.15, -0.1) is 11.3 Å². The first-order chi connectivity index (χ1) is 9.10. The maximum Gasteiger partial charge on any atom is 0.220 e. The fourth-order valence-electron chi connectivity index (χ4n) is 1.98. The average molecular weight is 281 g/mol. The SMILES string of the molecule is Cc1cn2c(CCC(=O)NC(C)CCO)csc2n1. The van der Waals surface area contributed by atoms with Crippen molar-refractivity contribution in [2.24, 2.45) is 0 Å². The van der Waals surface area contributed by atoms with Crippen molar-refractivity contribution in [3.05, 3.63) is 23.0 Å². The van der Waals surface area contributed by atoms with Crippen LogP contribution in [0.25, 0.3) is 4.96 Å². The van der Waals surface area contributed by atoms with Crippen LogP contribution < -0.4 is 5.32 Å². The number of imidazole rings is 1. The molecule has 2 N–H and O–H groups in total. The van der Waals surface area contributed by atoms with Crippen LogP contribution in [0.15, 0.2) is 11.6 Å². The Kier molecular flexibility index (Phi) is 4.55. The van der Waals surface area contributed by atoms with E-state index in [1.807, 2.05) is 29.8 Å². The highest BCUT2D eigenvalue weighted by molar-refractivity contribution is 7.15. The first kappa shape index (κ1) is 14.0. The molecule has 104 valence electrons. The number of amides is 1. The lowest BCUT2D eigenvalue weighted by Crippen LogP contribution is -2.33. The molecule has 5 nitrogen and oxygen atoms in total. The lowest BCUT2D eigenvalue weighted by molar-refractivity contribution is -0.121. The summed E-state index contributed by atoms with van der Waals surface area (Å²) in [5, 5.41) is 13.7. The molecule has 0 spiro atoms. The van der Waals surface area contributed by atoms with Crippen molar-refractivity contribution in [3.63, 3.8) is 0 Å².